The molecule has 0 amide bonds. The topological polar surface area (TPSA) is 72.2 Å². The summed E-state index contributed by atoms with van der Waals surface area (Å²) in [4.78, 5) is 31.3. The van der Waals surface area contributed by atoms with Crippen molar-refractivity contribution < 1.29 is 9.90 Å². The maximum absolute atomic E-state index is 13.3. The Morgan fingerprint density at radius 1 is 1.27 bits per heavy atom. The first kappa shape index (κ1) is 17.0. The van der Waals surface area contributed by atoms with E-state index in [2.05, 4.69) is 0 Å². The number of aromatic nitrogens is 2. The summed E-state index contributed by atoms with van der Waals surface area (Å²) in [7, 11) is 0. The quantitative estimate of drug-likeness (QED) is 0.760. The van der Waals surface area contributed by atoms with Crippen LogP contribution in [0.1, 0.15) is 35.3 Å². The lowest BCUT2D eigenvalue weighted by atomic mass is 9.97. The van der Waals surface area contributed by atoms with Crippen LogP contribution in [-0.4, -0.2) is 20.6 Å². The zero-order chi connectivity index (χ0) is 18.3. The maximum Gasteiger partial charge on any atom is 0.305 e. The van der Waals surface area contributed by atoms with Gasteiger partial charge in [0.15, 0.2) is 0 Å². The number of rotatable bonds is 4. The van der Waals surface area contributed by atoms with Crippen LogP contribution >= 0.6 is 11.3 Å². The molecule has 3 aromatic rings. The van der Waals surface area contributed by atoms with Crippen LogP contribution in [0.4, 0.5) is 0 Å². The SMILES string of the molecule is Cc1ccccc1-c1nc2sc3c(c2c(=O)n1CCC(=O)O)CCCC3. The van der Waals surface area contributed by atoms with Gasteiger partial charge in [-0.25, -0.2) is 4.98 Å². The minimum Gasteiger partial charge on any atom is -0.481 e. The summed E-state index contributed by atoms with van der Waals surface area (Å²) in [5.74, 6) is -0.347. The van der Waals surface area contributed by atoms with Crippen LogP contribution in [0.15, 0.2) is 29.1 Å². The van der Waals surface area contributed by atoms with Gasteiger partial charge in [0.2, 0.25) is 0 Å². The van der Waals surface area contributed by atoms with Crippen molar-refractivity contribution in [2.75, 3.05) is 0 Å². The molecular weight excluding hydrogens is 348 g/mol. The van der Waals surface area contributed by atoms with Crippen LogP contribution in [-0.2, 0) is 24.2 Å². The molecule has 0 saturated heterocycles. The van der Waals surface area contributed by atoms with Gasteiger partial charge in [0.05, 0.1) is 11.8 Å². The van der Waals surface area contributed by atoms with E-state index in [0.717, 1.165) is 47.2 Å². The molecular formula is C20H20N2O3S. The number of carboxylic acids is 1. The molecule has 26 heavy (non-hydrogen) atoms. The van der Waals surface area contributed by atoms with Crippen molar-refractivity contribution in [2.24, 2.45) is 0 Å². The second-order valence-electron chi connectivity index (χ2n) is 6.74. The Balaban J connectivity index is 2.00. The van der Waals surface area contributed by atoms with E-state index in [9.17, 15) is 9.59 Å². The van der Waals surface area contributed by atoms with Gasteiger partial charge in [-0.05, 0) is 43.7 Å². The highest BCUT2D eigenvalue weighted by molar-refractivity contribution is 7.18. The van der Waals surface area contributed by atoms with E-state index in [4.69, 9.17) is 10.1 Å². The predicted octanol–water partition coefficient (Wildman–Crippen LogP) is 3.79. The first-order valence-corrected chi connectivity index (χ1v) is 9.71. The summed E-state index contributed by atoms with van der Waals surface area (Å²) >= 11 is 1.62. The average molecular weight is 368 g/mol. The molecule has 0 bridgehead atoms. The number of hydrogen-bond donors (Lipinski definition) is 1. The van der Waals surface area contributed by atoms with Gasteiger partial charge in [0.25, 0.3) is 5.56 Å². The summed E-state index contributed by atoms with van der Waals surface area (Å²) in [6, 6.07) is 7.78. The normalized spacial score (nSPS) is 13.7. The molecule has 1 aromatic carbocycles. The van der Waals surface area contributed by atoms with Crippen LogP contribution in [0, 0.1) is 6.92 Å². The summed E-state index contributed by atoms with van der Waals surface area (Å²) in [6.45, 7) is 2.11. The van der Waals surface area contributed by atoms with Gasteiger partial charge in [-0.2, -0.15) is 0 Å². The summed E-state index contributed by atoms with van der Waals surface area (Å²) < 4.78 is 1.56. The Kier molecular flexibility index (Phi) is 4.36. The molecule has 0 spiro atoms. The lowest BCUT2D eigenvalue weighted by molar-refractivity contribution is -0.137. The van der Waals surface area contributed by atoms with Crippen LogP contribution in [0.3, 0.4) is 0 Å². The molecule has 0 atom stereocenters. The molecule has 1 N–H and O–H groups in total. The van der Waals surface area contributed by atoms with Gasteiger partial charge in [0, 0.05) is 17.0 Å². The Morgan fingerprint density at radius 3 is 2.81 bits per heavy atom. The van der Waals surface area contributed by atoms with Crippen LogP contribution in [0.2, 0.25) is 0 Å². The van der Waals surface area contributed by atoms with Crippen molar-refractivity contribution in [3.63, 3.8) is 0 Å². The fraction of sp³-hybridized carbons (Fsp3) is 0.350. The fourth-order valence-corrected chi connectivity index (χ4v) is 4.93. The Morgan fingerprint density at radius 2 is 2.04 bits per heavy atom. The summed E-state index contributed by atoms with van der Waals surface area (Å²) in [5.41, 5.74) is 2.93. The van der Waals surface area contributed by atoms with E-state index in [0.29, 0.717) is 11.2 Å². The van der Waals surface area contributed by atoms with E-state index in [1.165, 1.54) is 4.88 Å². The van der Waals surface area contributed by atoms with Crippen molar-refractivity contribution in [2.45, 2.75) is 45.6 Å². The van der Waals surface area contributed by atoms with Gasteiger partial charge in [-0.3, -0.25) is 14.2 Å². The van der Waals surface area contributed by atoms with Gasteiger partial charge in [-0.15, -0.1) is 11.3 Å². The number of benzene rings is 1. The van der Waals surface area contributed by atoms with E-state index in [1.54, 1.807) is 15.9 Å². The largest absolute Gasteiger partial charge is 0.481 e. The fourth-order valence-electron chi connectivity index (χ4n) is 3.68. The number of aryl methyl sites for hydroxylation is 3. The minimum absolute atomic E-state index is 0.0989. The van der Waals surface area contributed by atoms with Crippen molar-refractivity contribution in [3.8, 4) is 11.4 Å². The van der Waals surface area contributed by atoms with Gasteiger partial charge >= 0.3 is 5.97 Å². The third kappa shape index (κ3) is 2.84. The van der Waals surface area contributed by atoms with E-state index < -0.39 is 5.97 Å². The molecule has 1 aliphatic carbocycles. The smallest absolute Gasteiger partial charge is 0.305 e. The van der Waals surface area contributed by atoms with Crippen molar-refractivity contribution in [1.82, 2.24) is 9.55 Å². The maximum atomic E-state index is 13.3. The third-order valence-corrected chi connectivity index (χ3v) is 6.20. The number of hydrogen-bond acceptors (Lipinski definition) is 4. The van der Waals surface area contributed by atoms with E-state index in [-0.39, 0.29) is 18.5 Å². The van der Waals surface area contributed by atoms with E-state index >= 15 is 0 Å². The lowest BCUT2D eigenvalue weighted by Crippen LogP contribution is -2.25. The zero-order valence-corrected chi connectivity index (χ0v) is 15.4. The highest BCUT2D eigenvalue weighted by Gasteiger charge is 2.23. The van der Waals surface area contributed by atoms with Crippen LogP contribution < -0.4 is 5.56 Å². The third-order valence-electron chi connectivity index (χ3n) is 5.01. The molecule has 0 saturated carbocycles. The number of nitrogens with zero attached hydrogens (tertiary/aromatic N) is 2. The number of aliphatic carboxylic acids is 1. The Hall–Kier alpha value is -2.47. The first-order valence-electron chi connectivity index (χ1n) is 8.89. The highest BCUT2D eigenvalue weighted by atomic mass is 32.1. The van der Waals surface area contributed by atoms with Crippen molar-refractivity contribution in [3.05, 3.63) is 50.6 Å². The lowest BCUT2D eigenvalue weighted by Gasteiger charge is -2.14. The average Bonchev–Trinajstić information content (AvgIpc) is 2.99. The van der Waals surface area contributed by atoms with Gasteiger partial charge < -0.3 is 5.11 Å². The molecule has 2 aromatic heterocycles. The molecule has 5 nitrogen and oxygen atoms in total. The molecule has 0 aliphatic heterocycles. The zero-order valence-electron chi connectivity index (χ0n) is 14.6. The summed E-state index contributed by atoms with van der Waals surface area (Å²) in [5, 5.41) is 9.81. The van der Waals surface area contributed by atoms with Crippen LogP contribution in [0.5, 0.6) is 0 Å². The molecule has 2 heterocycles. The molecule has 0 unspecified atom stereocenters. The predicted molar refractivity (Wildman–Crippen MR) is 103 cm³/mol. The van der Waals surface area contributed by atoms with Crippen molar-refractivity contribution >= 4 is 27.5 Å². The number of carboxylic acid groups (broad SMARTS) is 1. The van der Waals surface area contributed by atoms with E-state index in [1.807, 2.05) is 31.2 Å². The first-order chi connectivity index (χ1) is 12.6. The second kappa shape index (κ2) is 6.68. The molecule has 6 heteroatoms. The van der Waals surface area contributed by atoms with Crippen LogP contribution in [0.25, 0.3) is 21.6 Å². The highest BCUT2D eigenvalue weighted by Crippen LogP contribution is 2.35. The number of thiophene rings is 1. The second-order valence-corrected chi connectivity index (χ2v) is 7.83. The van der Waals surface area contributed by atoms with Gasteiger partial charge in [-0.1, -0.05) is 24.3 Å². The molecule has 4 rings (SSSR count). The minimum atomic E-state index is -0.917. The van der Waals surface area contributed by atoms with Crippen molar-refractivity contribution in [1.29, 1.82) is 0 Å². The molecule has 134 valence electrons. The summed E-state index contributed by atoms with van der Waals surface area (Å²) in [6.07, 6.45) is 4.06. The standard InChI is InChI=1S/C20H20N2O3S/c1-12-6-2-3-7-13(12)18-21-19-17(14-8-4-5-9-15(14)26-19)20(25)22(18)11-10-16(23)24/h2-3,6-7H,4-5,8-11H2,1H3,(H,23,24). The molecule has 0 radical (unpaired) electrons. The molecule has 0 fully saturated rings. The number of carbonyl (C=O) groups is 1. The molecule has 1 aliphatic rings. The monoisotopic (exact) mass is 368 g/mol. The Bertz CT molecular complexity index is 1060. The number of fused-ring (bicyclic) bond motifs is 3. The van der Waals surface area contributed by atoms with Gasteiger partial charge in [0.1, 0.15) is 10.7 Å². The Labute approximate surface area is 154 Å².